The Labute approximate surface area is 152 Å². The molecule has 1 atom stereocenters. The first-order valence-corrected chi connectivity index (χ1v) is 8.66. The van der Waals surface area contributed by atoms with Crippen molar-refractivity contribution in [1.82, 2.24) is 10.6 Å². The van der Waals surface area contributed by atoms with Gasteiger partial charge < -0.3 is 15.5 Å². The molecule has 136 valence electrons. The van der Waals surface area contributed by atoms with Gasteiger partial charge in [-0.25, -0.2) is 0 Å². The van der Waals surface area contributed by atoms with E-state index in [1.807, 2.05) is 6.07 Å². The van der Waals surface area contributed by atoms with Crippen molar-refractivity contribution in [2.24, 2.45) is 4.99 Å². The first-order valence-electron chi connectivity index (χ1n) is 8.66. The molecule has 3 rings (SSSR count). The molecule has 1 heterocycles. The van der Waals surface area contributed by atoms with Crippen molar-refractivity contribution in [3.05, 3.63) is 70.3 Å². The number of non-ortho nitro benzene ring substituents is 1. The predicted octanol–water partition coefficient (Wildman–Crippen LogP) is 2.54. The van der Waals surface area contributed by atoms with Crippen LogP contribution in [0, 0.1) is 10.1 Å². The van der Waals surface area contributed by atoms with Crippen LogP contribution in [0.3, 0.4) is 0 Å². The highest BCUT2D eigenvalue weighted by atomic mass is 16.6. The van der Waals surface area contributed by atoms with Crippen LogP contribution >= 0.6 is 0 Å². The number of benzene rings is 2. The maximum Gasteiger partial charge on any atom is 0.269 e. The van der Waals surface area contributed by atoms with Crippen LogP contribution in [0.25, 0.3) is 0 Å². The number of guanidine groups is 1. The van der Waals surface area contributed by atoms with E-state index in [2.05, 4.69) is 44.8 Å². The zero-order valence-corrected chi connectivity index (χ0v) is 14.8. The van der Waals surface area contributed by atoms with Crippen LogP contribution in [0.15, 0.2) is 59.6 Å². The van der Waals surface area contributed by atoms with E-state index in [-0.39, 0.29) is 5.69 Å². The lowest BCUT2D eigenvalue weighted by molar-refractivity contribution is -0.384. The van der Waals surface area contributed by atoms with Gasteiger partial charge in [0.15, 0.2) is 5.96 Å². The molecule has 0 aliphatic carbocycles. The fraction of sp³-hybridized carbons (Fsp3) is 0.316. The Morgan fingerprint density at radius 2 is 1.96 bits per heavy atom. The van der Waals surface area contributed by atoms with E-state index in [1.165, 1.54) is 17.8 Å². The number of anilines is 1. The summed E-state index contributed by atoms with van der Waals surface area (Å²) in [5, 5.41) is 17.4. The molecule has 0 bridgehead atoms. The minimum atomic E-state index is -0.393. The normalized spacial score (nSPS) is 17.2. The van der Waals surface area contributed by atoms with Gasteiger partial charge in [-0.15, -0.1) is 0 Å². The van der Waals surface area contributed by atoms with Gasteiger partial charge in [0.25, 0.3) is 5.69 Å². The van der Waals surface area contributed by atoms with Crippen molar-refractivity contribution in [2.75, 3.05) is 25.0 Å². The van der Waals surface area contributed by atoms with E-state index >= 15 is 0 Å². The van der Waals surface area contributed by atoms with E-state index in [0.29, 0.717) is 12.6 Å². The number of hydrogen-bond acceptors (Lipinski definition) is 4. The third-order valence-electron chi connectivity index (χ3n) is 4.48. The van der Waals surface area contributed by atoms with Gasteiger partial charge in [0.1, 0.15) is 0 Å². The van der Waals surface area contributed by atoms with E-state index in [4.69, 9.17) is 0 Å². The van der Waals surface area contributed by atoms with Crippen molar-refractivity contribution in [3.63, 3.8) is 0 Å². The molecule has 1 aliphatic rings. The zero-order valence-electron chi connectivity index (χ0n) is 14.8. The molecule has 1 saturated heterocycles. The Balaban J connectivity index is 1.50. The topological polar surface area (TPSA) is 82.8 Å². The summed E-state index contributed by atoms with van der Waals surface area (Å²) >= 11 is 0. The highest BCUT2D eigenvalue weighted by Crippen LogP contribution is 2.19. The summed E-state index contributed by atoms with van der Waals surface area (Å²) in [5.74, 6) is 0.739. The summed E-state index contributed by atoms with van der Waals surface area (Å²) in [6.07, 6.45) is 1.05. The molecule has 0 saturated carbocycles. The van der Waals surface area contributed by atoms with Gasteiger partial charge in [0.05, 0.1) is 4.92 Å². The molecule has 1 unspecified atom stereocenters. The van der Waals surface area contributed by atoms with Crippen molar-refractivity contribution < 1.29 is 4.92 Å². The van der Waals surface area contributed by atoms with Crippen LogP contribution in [0.5, 0.6) is 0 Å². The minimum Gasteiger partial charge on any atom is -0.369 e. The molecule has 2 aromatic carbocycles. The van der Waals surface area contributed by atoms with Crippen LogP contribution in [-0.4, -0.2) is 37.1 Å². The predicted molar refractivity (Wildman–Crippen MR) is 103 cm³/mol. The summed E-state index contributed by atoms with van der Waals surface area (Å²) in [6.45, 7) is 2.51. The Hall–Kier alpha value is -3.09. The van der Waals surface area contributed by atoms with Crippen LogP contribution in [-0.2, 0) is 6.54 Å². The summed E-state index contributed by atoms with van der Waals surface area (Å²) in [4.78, 5) is 17.0. The molecule has 1 aliphatic heterocycles. The second-order valence-electron chi connectivity index (χ2n) is 6.26. The lowest BCUT2D eigenvalue weighted by atomic mass is 10.2. The highest BCUT2D eigenvalue weighted by molar-refractivity contribution is 5.80. The van der Waals surface area contributed by atoms with Gasteiger partial charge >= 0.3 is 0 Å². The average molecular weight is 353 g/mol. The van der Waals surface area contributed by atoms with Gasteiger partial charge in [-0.3, -0.25) is 15.1 Å². The van der Waals surface area contributed by atoms with Crippen LogP contribution in [0.2, 0.25) is 0 Å². The minimum absolute atomic E-state index is 0.100. The Morgan fingerprint density at radius 3 is 2.62 bits per heavy atom. The maximum absolute atomic E-state index is 10.7. The van der Waals surface area contributed by atoms with Gasteiger partial charge in [-0.05, 0) is 24.1 Å². The molecule has 26 heavy (non-hydrogen) atoms. The number of para-hydroxylation sites is 1. The van der Waals surface area contributed by atoms with Crippen LogP contribution in [0.1, 0.15) is 12.0 Å². The number of nitro groups is 1. The Bertz CT molecular complexity index is 761. The van der Waals surface area contributed by atoms with Crippen LogP contribution < -0.4 is 15.5 Å². The monoisotopic (exact) mass is 353 g/mol. The number of nitrogens with one attached hydrogen (secondary N) is 2. The molecule has 0 spiro atoms. The molecule has 0 amide bonds. The van der Waals surface area contributed by atoms with Gasteiger partial charge in [0.2, 0.25) is 0 Å². The summed E-state index contributed by atoms with van der Waals surface area (Å²) < 4.78 is 0. The van der Waals surface area contributed by atoms with Crippen molar-refractivity contribution in [3.8, 4) is 0 Å². The second-order valence-corrected chi connectivity index (χ2v) is 6.26. The third kappa shape index (κ3) is 4.50. The smallest absolute Gasteiger partial charge is 0.269 e. The van der Waals surface area contributed by atoms with Gasteiger partial charge in [-0.1, -0.05) is 30.3 Å². The molecule has 7 nitrogen and oxygen atoms in total. The molecular weight excluding hydrogens is 330 g/mol. The van der Waals surface area contributed by atoms with E-state index in [0.717, 1.165) is 31.0 Å². The van der Waals surface area contributed by atoms with Gasteiger partial charge in [-0.2, -0.15) is 0 Å². The zero-order chi connectivity index (χ0) is 18.4. The molecule has 7 heteroatoms. The first kappa shape index (κ1) is 17.7. The SMILES string of the molecule is CN=C(NCc1ccc([N+](=O)[O-])cc1)NC1CCN(c2ccccc2)C1. The summed E-state index contributed by atoms with van der Waals surface area (Å²) in [6, 6.07) is 17.3. The molecule has 1 fully saturated rings. The van der Waals surface area contributed by atoms with Crippen molar-refractivity contribution >= 4 is 17.3 Å². The average Bonchev–Trinajstić information content (AvgIpc) is 3.14. The standard InChI is InChI=1S/C19H23N5O2/c1-20-19(21-13-15-7-9-18(10-8-15)24(25)26)22-16-11-12-23(14-16)17-5-3-2-4-6-17/h2-10,16H,11-14H2,1H3,(H2,20,21,22). The first-order chi connectivity index (χ1) is 12.7. The molecule has 0 radical (unpaired) electrons. The summed E-state index contributed by atoms with van der Waals surface area (Å²) in [5.41, 5.74) is 2.31. The number of aliphatic imine (C=N–C) groups is 1. The van der Waals surface area contributed by atoms with Crippen molar-refractivity contribution in [1.29, 1.82) is 0 Å². The summed E-state index contributed by atoms with van der Waals surface area (Å²) in [7, 11) is 1.75. The lowest BCUT2D eigenvalue weighted by Gasteiger charge is -2.20. The number of hydrogen-bond donors (Lipinski definition) is 2. The molecule has 2 aromatic rings. The van der Waals surface area contributed by atoms with E-state index in [1.54, 1.807) is 19.2 Å². The Morgan fingerprint density at radius 1 is 1.23 bits per heavy atom. The fourth-order valence-electron chi connectivity index (χ4n) is 3.06. The second kappa shape index (κ2) is 8.33. The van der Waals surface area contributed by atoms with Crippen LogP contribution in [0.4, 0.5) is 11.4 Å². The van der Waals surface area contributed by atoms with Crippen molar-refractivity contribution in [2.45, 2.75) is 19.0 Å². The largest absolute Gasteiger partial charge is 0.369 e. The quantitative estimate of drug-likeness (QED) is 0.374. The maximum atomic E-state index is 10.7. The number of nitro benzene ring substituents is 1. The van der Waals surface area contributed by atoms with Gasteiger partial charge in [0, 0.05) is 50.5 Å². The molecular formula is C19H23N5O2. The molecule has 0 aromatic heterocycles. The fourth-order valence-corrected chi connectivity index (χ4v) is 3.06. The highest BCUT2D eigenvalue weighted by Gasteiger charge is 2.23. The molecule has 2 N–H and O–H groups in total. The lowest BCUT2D eigenvalue weighted by Crippen LogP contribution is -2.44. The van der Waals surface area contributed by atoms with E-state index < -0.39 is 4.92 Å². The van der Waals surface area contributed by atoms with E-state index in [9.17, 15) is 10.1 Å². The third-order valence-corrected chi connectivity index (χ3v) is 4.48. The number of nitrogens with zero attached hydrogens (tertiary/aromatic N) is 3. The number of rotatable bonds is 5. The Kier molecular flexibility index (Phi) is 5.68.